The van der Waals surface area contributed by atoms with Gasteiger partial charge in [-0.3, -0.25) is 4.90 Å². The van der Waals surface area contributed by atoms with Crippen LogP contribution in [0.2, 0.25) is 5.02 Å². The number of hydrogen-bond acceptors (Lipinski definition) is 3. The van der Waals surface area contributed by atoms with Gasteiger partial charge >= 0.3 is 0 Å². The highest BCUT2D eigenvalue weighted by atomic mass is 35.5. The maximum atomic E-state index is 13.9. The first-order valence-corrected chi connectivity index (χ1v) is 6.11. The first kappa shape index (κ1) is 15.7. The SMILES string of the molecule is Cl.OC[C@@H](c1cccc(Cl)c1F)N1CCNCC1. The minimum Gasteiger partial charge on any atom is -0.394 e. The number of benzene rings is 1. The van der Waals surface area contributed by atoms with Crippen LogP contribution in [0.15, 0.2) is 18.2 Å². The first-order chi connectivity index (χ1) is 8.24. The van der Waals surface area contributed by atoms with E-state index in [4.69, 9.17) is 11.6 Å². The molecule has 0 unspecified atom stereocenters. The van der Waals surface area contributed by atoms with Gasteiger partial charge < -0.3 is 10.4 Å². The molecule has 1 aliphatic rings. The summed E-state index contributed by atoms with van der Waals surface area (Å²) in [6.45, 7) is 3.23. The molecule has 18 heavy (non-hydrogen) atoms. The molecular formula is C12H17Cl2FN2O. The summed E-state index contributed by atoms with van der Waals surface area (Å²) in [5.74, 6) is -0.424. The lowest BCUT2D eigenvalue weighted by Gasteiger charge is -2.34. The van der Waals surface area contributed by atoms with Crippen LogP contribution in [0.1, 0.15) is 11.6 Å². The van der Waals surface area contributed by atoms with E-state index in [0.717, 1.165) is 26.2 Å². The second kappa shape index (κ2) is 7.26. The van der Waals surface area contributed by atoms with Gasteiger partial charge in [0, 0.05) is 31.7 Å². The number of rotatable bonds is 3. The average Bonchev–Trinajstić information content (AvgIpc) is 2.37. The lowest BCUT2D eigenvalue weighted by molar-refractivity contribution is 0.108. The first-order valence-electron chi connectivity index (χ1n) is 5.73. The van der Waals surface area contributed by atoms with Gasteiger partial charge in [-0.05, 0) is 6.07 Å². The summed E-state index contributed by atoms with van der Waals surface area (Å²) < 4.78 is 13.9. The van der Waals surface area contributed by atoms with Crippen molar-refractivity contribution in [3.05, 3.63) is 34.6 Å². The minimum absolute atomic E-state index is 0. The van der Waals surface area contributed by atoms with E-state index in [1.165, 1.54) is 6.07 Å². The molecule has 2 N–H and O–H groups in total. The number of aliphatic hydroxyl groups excluding tert-OH is 1. The van der Waals surface area contributed by atoms with Crippen molar-refractivity contribution in [3.8, 4) is 0 Å². The highest BCUT2D eigenvalue weighted by Crippen LogP contribution is 2.27. The van der Waals surface area contributed by atoms with Crippen molar-refractivity contribution in [1.29, 1.82) is 0 Å². The molecule has 0 aromatic heterocycles. The Bertz CT molecular complexity index is 386. The number of nitrogens with zero attached hydrogens (tertiary/aromatic N) is 1. The van der Waals surface area contributed by atoms with Crippen LogP contribution < -0.4 is 5.32 Å². The Morgan fingerprint density at radius 2 is 2.06 bits per heavy atom. The summed E-state index contributed by atoms with van der Waals surface area (Å²) in [6.07, 6.45) is 0. The number of piperazine rings is 1. The van der Waals surface area contributed by atoms with E-state index >= 15 is 0 Å². The van der Waals surface area contributed by atoms with Gasteiger partial charge in [0.1, 0.15) is 5.82 Å². The summed E-state index contributed by atoms with van der Waals surface area (Å²) in [4.78, 5) is 2.07. The molecule has 102 valence electrons. The number of aliphatic hydroxyl groups is 1. The molecule has 1 aliphatic heterocycles. The summed E-state index contributed by atoms with van der Waals surface area (Å²) in [6, 6.07) is 4.61. The van der Waals surface area contributed by atoms with E-state index < -0.39 is 5.82 Å². The van der Waals surface area contributed by atoms with Crippen LogP contribution in [0, 0.1) is 5.82 Å². The van der Waals surface area contributed by atoms with Gasteiger partial charge in [-0.15, -0.1) is 12.4 Å². The maximum absolute atomic E-state index is 13.9. The van der Waals surface area contributed by atoms with Gasteiger partial charge in [0.05, 0.1) is 17.7 Å². The molecule has 1 aromatic carbocycles. The molecule has 0 aliphatic carbocycles. The zero-order chi connectivity index (χ0) is 12.3. The average molecular weight is 295 g/mol. The van der Waals surface area contributed by atoms with E-state index in [2.05, 4.69) is 10.2 Å². The van der Waals surface area contributed by atoms with Crippen molar-refractivity contribution in [3.63, 3.8) is 0 Å². The summed E-state index contributed by atoms with van der Waals surface area (Å²) in [5, 5.41) is 12.8. The summed E-state index contributed by atoms with van der Waals surface area (Å²) in [5.41, 5.74) is 0.474. The molecule has 3 nitrogen and oxygen atoms in total. The summed E-state index contributed by atoms with van der Waals surface area (Å²) in [7, 11) is 0. The molecule has 2 rings (SSSR count). The molecule has 1 fully saturated rings. The Hall–Kier alpha value is -0.390. The molecular weight excluding hydrogens is 278 g/mol. The highest BCUT2D eigenvalue weighted by Gasteiger charge is 2.24. The maximum Gasteiger partial charge on any atom is 0.146 e. The Labute approximate surface area is 117 Å². The third kappa shape index (κ3) is 3.33. The van der Waals surface area contributed by atoms with Crippen LogP contribution in [0.25, 0.3) is 0 Å². The quantitative estimate of drug-likeness (QED) is 0.893. The van der Waals surface area contributed by atoms with E-state index in [1.54, 1.807) is 12.1 Å². The van der Waals surface area contributed by atoms with Crippen molar-refractivity contribution in [2.75, 3.05) is 32.8 Å². The van der Waals surface area contributed by atoms with Crippen molar-refractivity contribution >= 4 is 24.0 Å². The van der Waals surface area contributed by atoms with E-state index in [-0.39, 0.29) is 30.1 Å². The molecule has 1 atom stereocenters. The fraction of sp³-hybridized carbons (Fsp3) is 0.500. The predicted octanol–water partition coefficient (Wildman–Crippen LogP) is 1.84. The van der Waals surface area contributed by atoms with Gasteiger partial charge in [-0.1, -0.05) is 23.7 Å². The van der Waals surface area contributed by atoms with Gasteiger partial charge in [0.15, 0.2) is 0 Å². The lowest BCUT2D eigenvalue weighted by Crippen LogP contribution is -2.46. The zero-order valence-corrected chi connectivity index (χ0v) is 11.5. The Morgan fingerprint density at radius 1 is 1.39 bits per heavy atom. The van der Waals surface area contributed by atoms with Crippen LogP contribution in [-0.2, 0) is 0 Å². The van der Waals surface area contributed by atoms with Crippen molar-refractivity contribution < 1.29 is 9.50 Å². The van der Waals surface area contributed by atoms with Crippen LogP contribution in [-0.4, -0.2) is 42.8 Å². The fourth-order valence-corrected chi connectivity index (χ4v) is 2.36. The van der Waals surface area contributed by atoms with Gasteiger partial charge in [0.25, 0.3) is 0 Å². The second-order valence-corrected chi connectivity index (χ2v) is 4.53. The Morgan fingerprint density at radius 3 is 2.67 bits per heavy atom. The molecule has 0 bridgehead atoms. The van der Waals surface area contributed by atoms with Crippen LogP contribution >= 0.6 is 24.0 Å². The van der Waals surface area contributed by atoms with Gasteiger partial charge in [-0.25, -0.2) is 4.39 Å². The van der Waals surface area contributed by atoms with Crippen LogP contribution in [0.5, 0.6) is 0 Å². The van der Waals surface area contributed by atoms with Gasteiger partial charge in [0.2, 0.25) is 0 Å². The van der Waals surface area contributed by atoms with Crippen molar-refractivity contribution in [2.45, 2.75) is 6.04 Å². The number of hydrogen-bond donors (Lipinski definition) is 2. The molecule has 0 amide bonds. The standard InChI is InChI=1S/C12H16ClFN2O.ClH/c13-10-3-1-2-9(12(10)14)11(8-17)16-6-4-15-5-7-16;/h1-3,11,15,17H,4-8H2;1H/t11-;/m0./s1. The summed E-state index contributed by atoms with van der Waals surface area (Å²) >= 11 is 5.77. The molecule has 6 heteroatoms. The lowest BCUT2D eigenvalue weighted by atomic mass is 10.0. The third-order valence-electron chi connectivity index (χ3n) is 3.11. The smallest absolute Gasteiger partial charge is 0.146 e. The Kier molecular flexibility index (Phi) is 6.32. The van der Waals surface area contributed by atoms with Crippen molar-refractivity contribution in [1.82, 2.24) is 10.2 Å². The Balaban J connectivity index is 0.00000162. The number of halogens is 3. The fourth-order valence-electron chi connectivity index (χ4n) is 2.18. The van der Waals surface area contributed by atoms with E-state index in [1.807, 2.05) is 0 Å². The number of nitrogens with one attached hydrogen (secondary N) is 1. The molecule has 0 saturated carbocycles. The topological polar surface area (TPSA) is 35.5 Å². The third-order valence-corrected chi connectivity index (χ3v) is 3.40. The largest absolute Gasteiger partial charge is 0.394 e. The predicted molar refractivity (Wildman–Crippen MR) is 72.9 cm³/mol. The zero-order valence-electron chi connectivity index (χ0n) is 9.90. The molecule has 1 heterocycles. The highest BCUT2D eigenvalue weighted by molar-refractivity contribution is 6.30. The van der Waals surface area contributed by atoms with Crippen LogP contribution in [0.4, 0.5) is 4.39 Å². The molecule has 0 radical (unpaired) electrons. The van der Waals surface area contributed by atoms with Gasteiger partial charge in [-0.2, -0.15) is 0 Å². The van der Waals surface area contributed by atoms with Crippen LogP contribution in [0.3, 0.4) is 0 Å². The minimum atomic E-state index is -0.424. The monoisotopic (exact) mass is 294 g/mol. The molecule has 0 spiro atoms. The normalized spacial score (nSPS) is 18.2. The van der Waals surface area contributed by atoms with Crippen molar-refractivity contribution in [2.24, 2.45) is 0 Å². The molecule has 1 saturated heterocycles. The molecule has 1 aromatic rings. The van der Waals surface area contributed by atoms with E-state index in [9.17, 15) is 9.50 Å². The van der Waals surface area contributed by atoms with E-state index in [0.29, 0.717) is 5.56 Å². The second-order valence-electron chi connectivity index (χ2n) is 4.13.